The summed E-state index contributed by atoms with van der Waals surface area (Å²) in [4.78, 5) is 13.9. The van der Waals surface area contributed by atoms with E-state index < -0.39 is 10.0 Å². The summed E-state index contributed by atoms with van der Waals surface area (Å²) in [6, 6.07) is 7.01. The van der Waals surface area contributed by atoms with Crippen molar-refractivity contribution in [3.63, 3.8) is 0 Å². The van der Waals surface area contributed by atoms with E-state index in [1.165, 1.54) is 4.31 Å². The number of carbonyl (C=O) groups excluding carboxylic acids is 1. The predicted molar refractivity (Wildman–Crippen MR) is 91.0 cm³/mol. The molecule has 0 radical (unpaired) electrons. The highest BCUT2D eigenvalue weighted by atomic mass is 35.5. The molecule has 8 heteroatoms. The van der Waals surface area contributed by atoms with Crippen LogP contribution in [0.1, 0.15) is 5.56 Å². The van der Waals surface area contributed by atoms with Gasteiger partial charge in [0.25, 0.3) is 0 Å². The van der Waals surface area contributed by atoms with Crippen LogP contribution in [0.15, 0.2) is 24.3 Å². The van der Waals surface area contributed by atoms with Gasteiger partial charge in [-0.05, 0) is 24.7 Å². The van der Waals surface area contributed by atoms with Crippen molar-refractivity contribution in [3.8, 4) is 0 Å². The van der Waals surface area contributed by atoms with Crippen LogP contribution < -0.4 is 5.32 Å². The Kier molecular flexibility index (Phi) is 6.41. The van der Waals surface area contributed by atoms with Crippen LogP contribution in [0.5, 0.6) is 0 Å². The number of carbonyl (C=O) groups is 1. The van der Waals surface area contributed by atoms with Gasteiger partial charge in [-0.3, -0.25) is 4.79 Å². The van der Waals surface area contributed by atoms with E-state index in [-0.39, 0.29) is 24.6 Å². The molecule has 1 saturated heterocycles. The standard InChI is InChI=1S/C15H22ClN3O3S/c1-18-7-9-19(10-8-18)23(21,22)11-6-17-15(20)12-13-2-4-14(16)5-3-13/h2-5H,6-12H2,1H3,(H,17,20). The lowest BCUT2D eigenvalue weighted by molar-refractivity contribution is -0.120. The number of piperazine rings is 1. The molecule has 1 aromatic carbocycles. The number of likely N-dealkylation sites (N-methyl/N-ethyl adjacent to an activating group) is 1. The van der Waals surface area contributed by atoms with E-state index >= 15 is 0 Å². The fourth-order valence-electron chi connectivity index (χ4n) is 2.36. The second-order valence-electron chi connectivity index (χ2n) is 5.67. The lowest BCUT2D eigenvalue weighted by Crippen LogP contribution is -2.48. The van der Waals surface area contributed by atoms with Gasteiger partial charge in [-0.15, -0.1) is 0 Å². The van der Waals surface area contributed by atoms with Gasteiger partial charge >= 0.3 is 0 Å². The minimum atomic E-state index is -3.31. The number of hydrogen-bond donors (Lipinski definition) is 1. The number of sulfonamides is 1. The molecule has 0 aromatic heterocycles. The maximum atomic E-state index is 12.2. The molecule has 1 aliphatic heterocycles. The molecule has 0 bridgehead atoms. The van der Waals surface area contributed by atoms with Crippen LogP contribution in [0.25, 0.3) is 0 Å². The fourth-order valence-corrected chi connectivity index (χ4v) is 3.83. The van der Waals surface area contributed by atoms with Crippen LogP contribution in [0.3, 0.4) is 0 Å². The van der Waals surface area contributed by atoms with Crippen molar-refractivity contribution in [3.05, 3.63) is 34.9 Å². The SMILES string of the molecule is CN1CCN(S(=O)(=O)CCNC(=O)Cc2ccc(Cl)cc2)CC1. The van der Waals surface area contributed by atoms with Gasteiger partial charge in [0.05, 0.1) is 12.2 Å². The molecule has 0 unspecified atom stereocenters. The van der Waals surface area contributed by atoms with E-state index in [1.54, 1.807) is 24.3 Å². The molecule has 0 spiro atoms. The van der Waals surface area contributed by atoms with Crippen LogP contribution in [0, 0.1) is 0 Å². The number of amides is 1. The highest BCUT2D eigenvalue weighted by Gasteiger charge is 2.25. The Morgan fingerprint density at radius 3 is 2.39 bits per heavy atom. The molecule has 1 amide bonds. The summed E-state index contributed by atoms with van der Waals surface area (Å²) in [5.41, 5.74) is 0.842. The molecule has 1 fully saturated rings. The number of rotatable bonds is 6. The third-order valence-electron chi connectivity index (χ3n) is 3.82. The topological polar surface area (TPSA) is 69.7 Å². The molecule has 0 atom stereocenters. The van der Waals surface area contributed by atoms with Gasteiger partial charge in [-0.1, -0.05) is 23.7 Å². The monoisotopic (exact) mass is 359 g/mol. The number of hydrogen-bond acceptors (Lipinski definition) is 4. The minimum Gasteiger partial charge on any atom is -0.355 e. The zero-order chi connectivity index (χ0) is 16.9. The Morgan fingerprint density at radius 2 is 1.78 bits per heavy atom. The van der Waals surface area contributed by atoms with E-state index in [9.17, 15) is 13.2 Å². The van der Waals surface area contributed by atoms with E-state index in [4.69, 9.17) is 11.6 Å². The molecule has 1 heterocycles. The van der Waals surface area contributed by atoms with Crippen molar-refractivity contribution in [2.75, 3.05) is 45.5 Å². The van der Waals surface area contributed by atoms with Crippen LogP contribution in [0.4, 0.5) is 0 Å². The lowest BCUT2D eigenvalue weighted by Gasteiger charge is -2.31. The quantitative estimate of drug-likeness (QED) is 0.806. The van der Waals surface area contributed by atoms with Crippen molar-refractivity contribution in [1.82, 2.24) is 14.5 Å². The zero-order valence-electron chi connectivity index (χ0n) is 13.2. The zero-order valence-corrected chi connectivity index (χ0v) is 14.7. The van der Waals surface area contributed by atoms with Crippen molar-refractivity contribution in [1.29, 1.82) is 0 Å². The van der Waals surface area contributed by atoms with Gasteiger partial charge in [0.15, 0.2) is 0 Å². The summed E-state index contributed by atoms with van der Waals surface area (Å²) in [6.45, 7) is 2.63. The highest BCUT2D eigenvalue weighted by Crippen LogP contribution is 2.10. The Balaban J connectivity index is 1.75. The van der Waals surface area contributed by atoms with Crippen LogP contribution in [-0.2, 0) is 21.2 Å². The van der Waals surface area contributed by atoms with Crippen LogP contribution in [0.2, 0.25) is 5.02 Å². The maximum absolute atomic E-state index is 12.2. The number of nitrogens with one attached hydrogen (secondary N) is 1. The van der Waals surface area contributed by atoms with Crippen LogP contribution in [-0.4, -0.2) is 69.1 Å². The summed E-state index contributed by atoms with van der Waals surface area (Å²) in [5, 5.41) is 3.28. The number of benzene rings is 1. The van der Waals surface area contributed by atoms with Crippen molar-refractivity contribution in [2.45, 2.75) is 6.42 Å². The van der Waals surface area contributed by atoms with Crippen LogP contribution >= 0.6 is 11.6 Å². The largest absolute Gasteiger partial charge is 0.355 e. The fraction of sp³-hybridized carbons (Fsp3) is 0.533. The van der Waals surface area contributed by atoms with E-state index in [1.807, 2.05) is 7.05 Å². The molecule has 2 rings (SSSR count). The summed E-state index contributed by atoms with van der Waals surface area (Å²) < 4.78 is 25.9. The Morgan fingerprint density at radius 1 is 1.17 bits per heavy atom. The molecule has 23 heavy (non-hydrogen) atoms. The molecule has 1 aliphatic rings. The smallest absolute Gasteiger partial charge is 0.224 e. The Labute approximate surface area is 142 Å². The van der Waals surface area contributed by atoms with Gasteiger partial charge in [0.2, 0.25) is 15.9 Å². The molecular weight excluding hydrogens is 338 g/mol. The Bertz CT molecular complexity index is 626. The lowest BCUT2D eigenvalue weighted by atomic mass is 10.1. The second-order valence-corrected chi connectivity index (χ2v) is 8.20. The highest BCUT2D eigenvalue weighted by molar-refractivity contribution is 7.89. The maximum Gasteiger partial charge on any atom is 0.224 e. The normalized spacial score (nSPS) is 17.1. The molecule has 6 nitrogen and oxygen atoms in total. The average molecular weight is 360 g/mol. The first kappa shape index (κ1) is 18.2. The Hall–Kier alpha value is -1.15. The molecule has 0 aliphatic carbocycles. The number of halogens is 1. The van der Waals surface area contributed by atoms with Crippen molar-refractivity contribution < 1.29 is 13.2 Å². The third kappa shape index (κ3) is 5.76. The first-order valence-corrected chi connectivity index (χ1v) is 9.53. The van der Waals surface area contributed by atoms with Crippen molar-refractivity contribution >= 4 is 27.5 Å². The van der Waals surface area contributed by atoms with Gasteiger partial charge in [-0.25, -0.2) is 8.42 Å². The molecule has 1 aromatic rings. The summed E-state index contributed by atoms with van der Waals surface area (Å²) >= 11 is 5.79. The minimum absolute atomic E-state index is 0.0664. The first-order valence-electron chi connectivity index (χ1n) is 7.54. The third-order valence-corrected chi connectivity index (χ3v) is 5.94. The molecular formula is C15H22ClN3O3S. The molecule has 128 valence electrons. The first-order chi connectivity index (χ1) is 10.9. The summed E-state index contributed by atoms with van der Waals surface area (Å²) in [6.07, 6.45) is 0.214. The average Bonchev–Trinajstić information content (AvgIpc) is 2.50. The number of nitrogens with zero attached hydrogens (tertiary/aromatic N) is 2. The van der Waals surface area contributed by atoms with Gasteiger partial charge < -0.3 is 10.2 Å². The van der Waals surface area contributed by atoms with Crippen molar-refractivity contribution in [2.24, 2.45) is 0 Å². The van der Waals surface area contributed by atoms with Gasteiger partial charge in [0, 0.05) is 37.7 Å². The van der Waals surface area contributed by atoms with E-state index in [0.717, 1.165) is 18.7 Å². The molecule has 1 N–H and O–H groups in total. The van der Waals surface area contributed by atoms with Gasteiger partial charge in [-0.2, -0.15) is 4.31 Å². The second kappa shape index (κ2) is 8.10. The van der Waals surface area contributed by atoms with Gasteiger partial charge in [0.1, 0.15) is 0 Å². The predicted octanol–water partition coefficient (Wildman–Crippen LogP) is 0.576. The summed E-state index contributed by atoms with van der Waals surface area (Å²) in [7, 11) is -1.33. The molecule has 0 saturated carbocycles. The van der Waals surface area contributed by atoms with E-state index in [2.05, 4.69) is 10.2 Å². The van der Waals surface area contributed by atoms with E-state index in [0.29, 0.717) is 18.1 Å². The summed E-state index contributed by atoms with van der Waals surface area (Å²) in [5.74, 6) is -0.260.